The topological polar surface area (TPSA) is 38.7 Å². The molecule has 0 aliphatic carbocycles. The van der Waals surface area contributed by atoms with E-state index in [9.17, 15) is 4.89 Å². The van der Waals surface area contributed by atoms with Gasteiger partial charge in [-0.15, -0.1) is 0 Å². The van der Waals surface area contributed by atoms with Crippen LogP contribution in [0.5, 0.6) is 0 Å². The normalized spacial score (nSPS) is 17.8. The highest BCUT2D eigenvalue weighted by Gasteiger charge is 2.17. The minimum absolute atomic E-state index is 0.0577. The molecule has 0 fully saturated rings. The molecule has 1 N–H and O–H groups in total. The average molecular weight is 250 g/mol. The van der Waals surface area contributed by atoms with Crippen LogP contribution in [-0.4, -0.2) is 17.1 Å². The van der Waals surface area contributed by atoms with Crippen LogP contribution in [0, 0.1) is 11.8 Å². The molecule has 0 aromatic rings. The predicted octanol–water partition coefficient (Wildman–Crippen LogP) is 4.11. The van der Waals surface area contributed by atoms with Crippen LogP contribution < -0.4 is 0 Å². The van der Waals surface area contributed by atoms with Gasteiger partial charge in [0.1, 0.15) is 0 Å². The molecule has 2 atom stereocenters. The lowest BCUT2D eigenvalue weighted by Crippen LogP contribution is -2.13. The second kappa shape index (κ2) is 8.41. The van der Waals surface area contributed by atoms with Gasteiger partial charge in [-0.05, 0) is 38.5 Å². The maximum absolute atomic E-state index is 9.64. The first kappa shape index (κ1) is 16.3. The Kier molecular flexibility index (Phi) is 8.57. The van der Waals surface area contributed by atoms with Crippen LogP contribution in [0.3, 0.4) is 0 Å². The molecule has 0 radical (unpaired) electrons. The highest BCUT2D eigenvalue weighted by atomic mass is 31.2. The summed E-state index contributed by atoms with van der Waals surface area (Å²) in [5.74, 6) is 1.15. The van der Waals surface area contributed by atoms with Crippen molar-refractivity contribution >= 4 is 8.60 Å². The molecule has 0 saturated carbocycles. The standard InChI is InChI=1S/C12H27O3P/c1-9(2)7-11(5)14-16(13)15-12(6)8-10(3)4/h9-13H,7-8H2,1-6H3. The second-order valence-electron chi connectivity index (χ2n) is 5.33. The fourth-order valence-corrected chi connectivity index (χ4v) is 2.58. The maximum atomic E-state index is 9.64. The molecule has 0 amide bonds. The molecule has 0 bridgehead atoms. The Morgan fingerprint density at radius 1 is 0.812 bits per heavy atom. The van der Waals surface area contributed by atoms with E-state index < -0.39 is 8.60 Å². The van der Waals surface area contributed by atoms with E-state index in [0.29, 0.717) is 11.8 Å². The molecule has 0 aromatic carbocycles. The zero-order valence-electron chi connectivity index (χ0n) is 11.4. The van der Waals surface area contributed by atoms with Gasteiger partial charge in [0.05, 0.1) is 12.2 Å². The van der Waals surface area contributed by atoms with Gasteiger partial charge in [-0.3, -0.25) is 0 Å². The van der Waals surface area contributed by atoms with Crippen molar-refractivity contribution in [2.75, 3.05) is 0 Å². The fraction of sp³-hybridized carbons (Fsp3) is 1.00. The molecule has 0 spiro atoms. The van der Waals surface area contributed by atoms with Crippen LogP contribution in [0.1, 0.15) is 54.4 Å². The van der Waals surface area contributed by atoms with E-state index in [1.807, 2.05) is 13.8 Å². The number of hydrogen-bond donors (Lipinski definition) is 1. The van der Waals surface area contributed by atoms with Crippen LogP contribution >= 0.6 is 8.60 Å². The van der Waals surface area contributed by atoms with E-state index in [2.05, 4.69) is 27.7 Å². The highest BCUT2D eigenvalue weighted by Crippen LogP contribution is 2.38. The summed E-state index contributed by atoms with van der Waals surface area (Å²) in [5.41, 5.74) is 0. The quantitative estimate of drug-likeness (QED) is 0.659. The van der Waals surface area contributed by atoms with Gasteiger partial charge in [-0.25, -0.2) is 0 Å². The van der Waals surface area contributed by atoms with Crippen molar-refractivity contribution in [3.8, 4) is 0 Å². The first-order chi connectivity index (χ1) is 7.31. The molecule has 0 heterocycles. The fourth-order valence-electron chi connectivity index (χ4n) is 1.75. The Balaban J connectivity index is 3.75. The third-order valence-corrected chi connectivity index (χ3v) is 3.23. The van der Waals surface area contributed by atoms with Gasteiger partial charge in [0.15, 0.2) is 0 Å². The summed E-state index contributed by atoms with van der Waals surface area (Å²) < 4.78 is 10.8. The predicted molar refractivity (Wildman–Crippen MR) is 69.1 cm³/mol. The van der Waals surface area contributed by atoms with E-state index in [4.69, 9.17) is 9.05 Å². The van der Waals surface area contributed by atoms with Crippen LogP contribution in [0.2, 0.25) is 0 Å². The lowest BCUT2D eigenvalue weighted by molar-refractivity contribution is 0.106. The maximum Gasteiger partial charge on any atom is 0.330 e. The molecular weight excluding hydrogens is 223 g/mol. The Morgan fingerprint density at radius 3 is 1.38 bits per heavy atom. The van der Waals surface area contributed by atoms with E-state index >= 15 is 0 Å². The van der Waals surface area contributed by atoms with Crippen LogP contribution in [0.15, 0.2) is 0 Å². The first-order valence-corrected chi connectivity index (χ1v) is 7.26. The Morgan fingerprint density at radius 2 is 1.12 bits per heavy atom. The summed E-state index contributed by atoms with van der Waals surface area (Å²) in [5, 5.41) is 0. The lowest BCUT2D eigenvalue weighted by atomic mass is 10.1. The second-order valence-corrected chi connectivity index (χ2v) is 6.23. The van der Waals surface area contributed by atoms with Crippen molar-refractivity contribution in [3.05, 3.63) is 0 Å². The van der Waals surface area contributed by atoms with Gasteiger partial charge in [0, 0.05) is 0 Å². The summed E-state index contributed by atoms with van der Waals surface area (Å²) in [7, 11) is -1.72. The van der Waals surface area contributed by atoms with Crippen LogP contribution in [-0.2, 0) is 9.05 Å². The molecule has 0 rings (SSSR count). The smallest absolute Gasteiger partial charge is 0.328 e. The molecule has 16 heavy (non-hydrogen) atoms. The first-order valence-electron chi connectivity index (χ1n) is 6.13. The molecule has 98 valence electrons. The van der Waals surface area contributed by atoms with Gasteiger partial charge in [0.25, 0.3) is 0 Å². The number of rotatable bonds is 8. The summed E-state index contributed by atoms with van der Waals surface area (Å²) in [6.07, 6.45) is 2.01. The molecule has 0 aliphatic heterocycles. The minimum Gasteiger partial charge on any atom is -0.328 e. The molecule has 2 unspecified atom stereocenters. The molecular formula is C12H27O3P. The highest BCUT2D eigenvalue weighted by molar-refractivity contribution is 7.40. The van der Waals surface area contributed by atoms with E-state index in [1.165, 1.54) is 0 Å². The SMILES string of the molecule is CC(C)CC(C)OP(O)OC(C)CC(C)C. The summed E-state index contributed by atoms with van der Waals surface area (Å²) >= 11 is 0. The van der Waals surface area contributed by atoms with Gasteiger partial charge in [0.2, 0.25) is 0 Å². The van der Waals surface area contributed by atoms with E-state index in [1.54, 1.807) is 0 Å². The zero-order valence-corrected chi connectivity index (χ0v) is 12.3. The van der Waals surface area contributed by atoms with Crippen molar-refractivity contribution in [3.63, 3.8) is 0 Å². The summed E-state index contributed by atoms with van der Waals surface area (Å²) in [4.78, 5) is 9.64. The molecule has 3 nitrogen and oxygen atoms in total. The molecule has 0 saturated heterocycles. The van der Waals surface area contributed by atoms with E-state index in [0.717, 1.165) is 12.8 Å². The Bertz CT molecular complexity index is 156. The number of hydrogen-bond acceptors (Lipinski definition) is 3. The molecule has 4 heteroatoms. The van der Waals surface area contributed by atoms with Crippen molar-refractivity contribution in [2.24, 2.45) is 11.8 Å². The lowest BCUT2D eigenvalue weighted by Gasteiger charge is -2.21. The zero-order chi connectivity index (χ0) is 12.7. The third kappa shape index (κ3) is 9.53. The molecule has 0 aliphatic rings. The van der Waals surface area contributed by atoms with E-state index in [-0.39, 0.29) is 12.2 Å². The van der Waals surface area contributed by atoms with Gasteiger partial charge >= 0.3 is 8.60 Å². The average Bonchev–Trinajstić information content (AvgIpc) is 1.97. The van der Waals surface area contributed by atoms with Crippen molar-refractivity contribution in [1.29, 1.82) is 0 Å². The van der Waals surface area contributed by atoms with Gasteiger partial charge in [-0.2, -0.15) is 0 Å². The van der Waals surface area contributed by atoms with Crippen LogP contribution in [0.4, 0.5) is 0 Å². The molecule has 0 aromatic heterocycles. The summed E-state index contributed by atoms with van der Waals surface area (Å²) in [6, 6.07) is 0. The van der Waals surface area contributed by atoms with Crippen molar-refractivity contribution < 1.29 is 13.9 Å². The monoisotopic (exact) mass is 250 g/mol. The Labute approximate surface area is 102 Å². The van der Waals surface area contributed by atoms with Gasteiger partial charge < -0.3 is 13.9 Å². The van der Waals surface area contributed by atoms with Crippen LogP contribution in [0.25, 0.3) is 0 Å². The summed E-state index contributed by atoms with van der Waals surface area (Å²) in [6.45, 7) is 12.5. The Hall–Kier alpha value is 0.310. The third-order valence-electron chi connectivity index (χ3n) is 2.15. The largest absolute Gasteiger partial charge is 0.330 e. The minimum atomic E-state index is -1.72. The van der Waals surface area contributed by atoms with Crippen molar-refractivity contribution in [1.82, 2.24) is 0 Å². The van der Waals surface area contributed by atoms with Gasteiger partial charge in [-0.1, -0.05) is 27.7 Å². The van der Waals surface area contributed by atoms with Crippen molar-refractivity contribution in [2.45, 2.75) is 66.6 Å².